The maximum absolute atomic E-state index is 12.7. The zero-order valence-electron chi connectivity index (χ0n) is 13.0. The number of halogens is 1. The van der Waals surface area contributed by atoms with E-state index in [1.807, 2.05) is 14.1 Å². The first-order valence-electron chi connectivity index (χ1n) is 8.10. The molecule has 0 N–H and O–H groups in total. The van der Waals surface area contributed by atoms with E-state index < -0.39 is 0 Å². The molecule has 1 aliphatic heterocycles. The van der Waals surface area contributed by atoms with Crippen molar-refractivity contribution in [3.63, 3.8) is 0 Å². The number of carbonyl (C=O) groups excluding carboxylic acids is 1. The molecule has 0 aromatic heterocycles. The van der Waals surface area contributed by atoms with Gasteiger partial charge in [0, 0.05) is 25.3 Å². The van der Waals surface area contributed by atoms with Gasteiger partial charge in [0.1, 0.15) is 0 Å². The highest BCUT2D eigenvalue weighted by Crippen LogP contribution is 2.70. The number of amides is 1. The van der Waals surface area contributed by atoms with Gasteiger partial charge in [-0.25, -0.2) is 0 Å². The summed E-state index contributed by atoms with van der Waals surface area (Å²) in [5, 5.41) is 0. The Labute approximate surface area is 140 Å². The Morgan fingerprint density at radius 3 is 2.86 bits per heavy atom. The molecule has 1 amide bonds. The SMILES string of the molecule is C#CCC(C(=O)N(C)C)[C@H]1C(=C)[C@@H]2O[C@@H]3[C@@H](Br)[C@H]4C[C@@H]3[C@@H]2[C@@H]41. The standard InChI is InChI=1S/C18H22BrNO2/c1-5-6-9(18(21)20(3)4)12-8(2)16-14-11-7-10(13(12)14)15(19)17(11)22-16/h1,9-17H,2,6-7H2,3-4H3/t9?,10-,11+,12+,13-,14+,15-,16-,17-/m0/s1. The summed E-state index contributed by atoms with van der Waals surface area (Å²) in [6.07, 6.45) is 7.79. The fourth-order valence-electron chi connectivity index (χ4n) is 5.87. The fourth-order valence-corrected chi connectivity index (χ4v) is 6.95. The van der Waals surface area contributed by atoms with Crippen LogP contribution in [0.4, 0.5) is 0 Å². The fraction of sp³-hybridized carbons (Fsp3) is 0.722. The van der Waals surface area contributed by atoms with E-state index in [1.54, 1.807) is 4.90 Å². The third kappa shape index (κ3) is 1.65. The van der Waals surface area contributed by atoms with Crippen molar-refractivity contribution in [3.05, 3.63) is 12.2 Å². The van der Waals surface area contributed by atoms with Crippen LogP contribution in [0.1, 0.15) is 12.8 Å². The molecule has 1 saturated heterocycles. The summed E-state index contributed by atoms with van der Waals surface area (Å²) >= 11 is 3.86. The van der Waals surface area contributed by atoms with Gasteiger partial charge in [-0.2, -0.15) is 0 Å². The number of hydrogen-bond acceptors (Lipinski definition) is 2. The predicted molar refractivity (Wildman–Crippen MR) is 88.2 cm³/mol. The Balaban J connectivity index is 1.71. The lowest BCUT2D eigenvalue weighted by atomic mass is 9.71. The zero-order chi connectivity index (χ0) is 15.8. The summed E-state index contributed by atoms with van der Waals surface area (Å²) in [5.74, 6) is 5.21. The summed E-state index contributed by atoms with van der Waals surface area (Å²) in [5.41, 5.74) is 1.13. The molecule has 0 aromatic carbocycles. The highest BCUT2D eigenvalue weighted by molar-refractivity contribution is 9.09. The third-order valence-corrected chi connectivity index (χ3v) is 7.71. The van der Waals surface area contributed by atoms with Gasteiger partial charge in [0.25, 0.3) is 0 Å². The van der Waals surface area contributed by atoms with Gasteiger partial charge < -0.3 is 9.64 Å². The lowest BCUT2D eigenvalue weighted by molar-refractivity contribution is -0.135. The maximum atomic E-state index is 12.7. The molecule has 1 unspecified atom stereocenters. The van der Waals surface area contributed by atoms with Gasteiger partial charge in [-0.1, -0.05) is 22.5 Å². The van der Waals surface area contributed by atoms with Crippen LogP contribution in [0, 0.1) is 47.9 Å². The number of ether oxygens (including phenoxy) is 1. The van der Waals surface area contributed by atoms with Gasteiger partial charge in [0.15, 0.2) is 0 Å². The monoisotopic (exact) mass is 363 g/mol. The molecule has 4 fully saturated rings. The molecule has 4 rings (SSSR count). The Morgan fingerprint density at radius 2 is 2.23 bits per heavy atom. The molecule has 2 bridgehead atoms. The first kappa shape index (κ1) is 14.8. The molecule has 0 radical (unpaired) electrons. The largest absolute Gasteiger partial charge is 0.369 e. The quantitative estimate of drug-likeness (QED) is 0.437. The molecule has 0 spiro atoms. The minimum absolute atomic E-state index is 0.134. The van der Waals surface area contributed by atoms with Gasteiger partial charge in [-0.3, -0.25) is 4.79 Å². The van der Waals surface area contributed by atoms with E-state index in [9.17, 15) is 4.79 Å². The molecule has 1 heterocycles. The molecule has 9 atom stereocenters. The molecule has 0 aromatic rings. The van der Waals surface area contributed by atoms with E-state index >= 15 is 0 Å². The Morgan fingerprint density at radius 1 is 1.50 bits per heavy atom. The molecule has 22 heavy (non-hydrogen) atoms. The molecular weight excluding hydrogens is 342 g/mol. The normalized spacial score (nSPS) is 48.5. The van der Waals surface area contributed by atoms with Crippen molar-refractivity contribution >= 4 is 21.8 Å². The van der Waals surface area contributed by atoms with Crippen molar-refractivity contribution in [1.29, 1.82) is 0 Å². The Kier molecular flexibility index (Phi) is 3.26. The summed E-state index contributed by atoms with van der Waals surface area (Å²) in [6, 6.07) is 0. The Bertz CT molecular complexity index is 580. The van der Waals surface area contributed by atoms with Crippen LogP contribution in [-0.2, 0) is 9.53 Å². The molecular formula is C18H22BrNO2. The summed E-state index contributed by atoms with van der Waals surface area (Å²) in [7, 11) is 3.62. The lowest BCUT2D eigenvalue weighted by Gasteiger charge is -2.37. The number of hydrogen-bond donors (Lipinski definition) is 0. The second kappa shape index (κ2) is 4.85. The first-order chi connectivity index (χ1) is 10.5. The molecule has 3 aliphatic carbocycles. The van der Waals surface area contributed by atoms with Crippen LogP contribution in [0.2, 0.25) is 0 Å². The number of carbonyl (C=O) groups is 1. The topological polar surface area (TPSA) is 29.5 Å². The Hall–Kier alpha value is -0.790. The average molecular weight is 364 g/mol. The van der Waals surface area contributed by atoms with Crippen LogP contribution >= 0.6 is 15.9 Å². The molecule has 4 aliphatic rings. The molecule has 3 nitrogen and oxygen atoms in total. The van der Waals surface area contributed by atoms with Crippen molar-refractivity contribution < 1.29 is 9.53 Å². The number of nitrogens with zero attached hydrogens (tertiary/aromatic N) is 1. The van der Waals surface area contributed by atoms with Crippen LogP contribution in [0.15, 0.2) is 12.2 Å². The van der Waals surface area contributed by atoms with Crippen LogP contribution < -0.4 is 0 Å². The molecule has 3 saturated carbocycles. The second-order valence-electron chi connectivity index (χ2n) is 7.53. The van der Waals surface area contributed by atoms with E-state index in [0.29, 0.717) is 41.0 Å². The van der Waals surface area contributed by atoms with Crippen molar-refractivity contribution in [3.8, 4) is 12.3 Å². The summed E-state index contributed by atoms with van der Waals surface area (Å²) < 4.78 is 6.33. The van der Waals surface area contributed by atoms with Gasteiger partial charge in [-0.05, 0) is 41.6 Å². The highest BCUT2D eigenvalue weighted by atomic mass is 79.9. The summed E-state index contributed by atoms with van der Waals surface area (Å²) in [4.78, 5) is 14.8. The van der Waals surface area contributed by atoms with E-state index in [4.69, 9.17) is 11.2 Å². The van der Waals surface area contributed by atoms with Crippen LogP contribution in [0.25, 0.3) is 0 Å². The van der Waals surface area contributed by atoms with E-state index in [0.717, 1.165) is 5.57 Å². The first-order valence-corrected chi connectivity index (χ1v) is 9.01. The van der Waals surface area contributed by atoms with Gasteiger partial charge in [0.05, 0.1) is 18.1 Å². The van der Waals surface area contributed by atoms with E-state index in [1.165, 1.54) is 6.42 Å². The van der Waals surface area contributed by atoms with Crippen molar-refractivity contribution in [2.75, 3.05) is 14.1 Å². The van der Waals surface area contributed by atoms with E-state index in [-0.39, 0.29) is 23.8 Å². The average Bonchev–Trinajstić information content (AvgIpc) is 3.14. The third-order valence-electron chi connectivity index (χ3n) is 6.51. The number of rotatable bonds is 3. The highest BCUT2D eigenvalue weighted by Gasteiger charge is 2.71. The number of terminal acetylenes is 1. The van der Waals surface area contributed by atoms with E-state index in [2.05, 4.69) is 28.4 Å². The minimum Gasteiger partial charge on any atom is -0.369 e. The smallest absolute Gasteiger partial charge is 0.226 e. The number of fused-ring (bicyclic) bond motifs is 2. The molecule has 4 heteroatoms. The molecule has 118 valence electrons. The van der Waals surface area contributed by atoms with Crippen molar-refractivity contribution in [2.45, 2.75) is 29.9 Å². The maximum Gasteiger partial charge on any atom is 0.226 e. The van der Waals surface area contributed by atoms with Crippen molar-refractivity contribution in [1.82, 2.24) is 4.90 Å². The second-order valence-corrected chi connectivity index (χ2v) is 8.59. The van der Waals surface area contributed by atoms with Crippen LogP contribution in [0.5, 0.6) is 0 Å². The predicted octanol–water partition coefficient (Wildman–Crippen LogP) is 2.31. The number of alkyl halides is 1. The summed E-state index contributed by atoms with van der Waals surface area (Å²) in [6.45, 7) is 4.34. The van der Waals surface area contributed by atoms with Crippen LogP contribution in [-0.4, -0.2) is 41.9 Å². The van der Waals surface area contributed by atoms with Gasteiger partial charge in [-0.15, -0.1) is 12.3 Å². The van der Waals surface area contributed by atoms with Gasteiger partial charge >= 0.3 is 0 Å². The van der Waals surface area contributed by atoms with Crippen molar-refractivity contribution in [2.24, 2.45) is 35.5 Å². The lowest BCUT2D eigenvalue weighted by Crippen LogP contribution is -2.42. The minimum atomic E-state index is -0.149. The van der Waals surface area contributed by atoms with Crippen LogP contribution in [0.3, 0.4) is 0 Å². The van der Waals surface area contributed by atoms with Gasteiger partial charge in [0.2, 0.25) is 5.91 Å². The zero-order valence-corrected chi connectivity index (χ0v) is 14.6.